The molecule has 0 bridgehead atoms. The molecule has 0 aliphatic carbocycles. The highest BCUT2D eigenvalue weighted by Crippen LogP contribution is 2.39. The number of rotatable bonds is 7. The Hall–Kier alpha value is 0.470. The van der Waals surface area contributed by atoms with E-state index in [4.69, 9.17) is 11.6 Å². The van der Waals surface area contributed by atoms with Gasteiger partial charge in [-0.2, -0.15) is 0 Å². The molecule has 0 aliphatic heterocycles. The molecule has 3 heteroatoms. The molecule has 18 heavy (non-hydrogen) atoms. The minimum absolute atomic E-state index is 0.0902. The van der Waals surface area contributed by atoms with Crippen molar-refractivity contribution in [2.75, 3.05) is 10.7 Å². The van der Waals surface area contributed by atoms with Crippen LogP contribution in [0.15, 0.2) is 24.3 Å². The molecule has 0 nitrogen and oxygen atoms in total. The van der Waals surface area contributed by atoms with E-state index < -0.39 is 0 Å². The summed E-state index contributed by atoms with van der Waals surface area (Å²) in [7, 11) is 0. The van der Waals surface area contributed by atoms with Gasteiger partial charge in [-0.25, -0.2) is 0 Å². The van der Waals surface area contributed by atoms with E-state index in [-0.39, 0.29) is 5.41 Å². The van der Waals surface area contributed by atoms with Crippen LogP contribution in [0.25, 0.3) is 0 Å². The molecule has 0 fully saturated rings. The van der Waals surface area contributed by atoms with Gasteiger partial charge in [-0.15, -0.1) is 0 Å². The molecule has 1 atom stereocenters. The van der Waals surface area contributed by atoms with Crippen molar-refractivity contribution in [3.05, 3.63) is 34.9 Å². The molecule has 1 unspecified atom stereocenters. The molecular formula is C15H21Br2Cl. The predicted octanol–water partition coefficient (Wildman–Crippen LogP) is 6.19. The average Bonchev–Trinajstić information content (AvgIpc) is 2.37. The maximum atomic E-state index is 6.38. The molecule has 0 N–H and O–H groups in total. The average molecular weight is 397 g/mol. The second-order valence-corrected chi connectivity index (χ2v) is 6.65. The van der Waals surface area contributed by atoms with Gasteiger partial charge < -0.3 is 0 Å². The zero-order valence-corrected chi connectivity index (χ0v) is 15.0. The summed E-state index contributed by atoms with van der Waals surface area (Å²) in [6.45, 7) is 4.58. The Labute approximate surface area is 133 Å². The third-order valence-corrected chi connectivity index (χ3v) is 5.95. The molecule has 0 aliphatic rings. The zero-order chi connectivity index (χ0) is 13.6. The molecule has 0 aromatic heterocycles. The molecule has 0 saturated heterocycles. The van der Waals surface area contributed by atoms with Crippen LogP contribution in [-0.2, 0) is 5.41 Å². The number of alkyl halides is 2. The van der Waals surface area contributed by atoms with Crippen LogP contribution >= 0.6 is 43.5 Å². The second kappa shape index (κ2) is 7.91. The monoisotopic (exact) mass is 394 g/mol. The standard InChI is InChI=1S/C15H21Br2Cl/c1-3-6-12(2)9-15(10-16,11-17)13-7-4-5-8-14(13)18/h4-5,7-8,12H,3,6,9-11H2,1-2H3. The number of hydrogen-bond donors (Lipinski definition) is 0. The van der Waals surface area contributed by atoms with Gasteiger partial charge in [0.2, 0.25) is 0 Å². The fourth-order valence-corrected chi connectivity index (χ4v) is 4.88. The fourth-order valence-electron chi connectivity index (χ4n) is 2.55. The SMILES string of the molecule is CCCC(C)CC(CBr)(CBr)c1ccccc1Cl. The first-order valence-corrected chi connectivity index (χ1v) is 9.08. The van der Waals surface area contributed by atoms with Crippen LogP contribution in [0.3, 0.4) is 0 Å². The summed E-state index contributed by atoms with van der Waals surface area (Å²) >= 11 is 13.8. The lowest BCUT2D eigenvalue weighted by Gasteiger charge is -2.34. The van der Waals surface area contributed by atoms with E-state index in [9.17, 15) is 0 Å². The summed E-state index contributed by atoms with van der Waals surface area (Å²) in [5.41, 5.74) is 1.34. The first-order valence-electron chi connectivity index (χ1n) is 6.46. The minimum atomic E-state index is 0.0902. The Balaban J connectivity index is 3.03. The highest BCUT2D eigenvalue weighted by atomic mass is 79.9. The van der Waals surface area contributed by atoms with Crippen LogP contribution in [0.2, 0.25) is 5.02 Å². The van der Waals surface area contributed by atoms with Gasteiger partial charge in [0.05, 0.1) is 0 Å². The van der Waals surface area contributed by atoms with Crippen LogP contribution in [-0.4, -0.2) is 10.7 Å². The van der Waals surface area contributed by atoms with Crippen molar-refractivity contribution in [1.82, 2.24) is 0 Å². The van der Waals surface area contributed by atoms with E-state index in [0.29, 0.717) is 5.92 Å². The van der Waals surface area contributed by atoms with Gasteiger partial charge in [-0.05, 0) is 24.0 Å². The van der Waals surface area contributed by atoms with Gasteiger partial charge >= 0.3 is 0 Å². The van der Waals surface area contributed by atoms with Gasteiger partial charge in [0.25, 0.3) is 0 Å². The van der Waals surface area contributed by atoms with Crippen molar-refractivity contribution >= 4 is 43.5 Å². The lowest BCUT2D eigenvalue weighted by Crippen LogP contribution is -2.32. The Morgan fingerprint density at radius 2 is 1.83 bits per heavy atom. The van der Waals surface area contributed by atoms with Crippen LogP contribution in [0.1, 0.15) is 38.7 Å². The van der Waals surface area contributed by atoms with E-state index in [2.05, 4.69) is 57.8 Å². The van der Waals surface area contributed by atoms with Crippen LogP contribution in [0, 0.1) is 5.92 Å². The Morgan fingerprint density at radius 1 is 1.22 bits per heavy atom. The maximum absolute atomic E-state index is 6.38. The van der Waals surface area contributed by atoms with Gasteiger partial charge in [-0.1, -0.05) is 88.3 Å². The van der Waals surface area contributed by atoms with Crippen LogP contribution in [0.4, 0.5) is 0 Å². The lowest BCUT2D eigenvalue weighted by molar-refractivity contribution is 0.374. The van der Waals surface area contributed by atoms with Crippen LogP contribution in [0.5, 0.6) is 0 Å². The molecule has 102 valence electrons. The lowest BCUT2D eigenvalue weighted by atomic mass is 9.76. The molecule has 0 radical (unpaired) electrons. The van der Waals surface area contributed by atoms with Gasteiger partial charge in [-0.3, -0.25) is 0 Å². The van der Waals surface area contributed by atoms with E-state index in [1.54, 1.807) is 0 Å². The number of hydrogen-bond acceptors (Lipinski definition) is 0. The molecule has 1 aromatic carbocycles. The van der Waals surface area contributed by atoms with Gasteiger partial charge in [0, 0.05) is 21.1 Å². The predicted molar refractivity (Wildman–Crippen MR) is 89.4 cm³/mol. The van der Waals surface area contributed by atoms with Crippen molar-refractivity contribution in [2.24, 2.45) is 5.92 Å². The van der Waals surface area contributed by atoms with Gasteiger partial charge in [0.15, 0.2) is 0 Å². The summed E-state index contributed by atoms with van der Waals surface area (Å²) in [6.07, 6.45) is 3.66. The first kappa shape index (κ1) is 16.5. The highest BCUT2D eigenvalue weighted by molar-refractivity contribution is 9.09. The second-order valence-electron chi connectivity index (χ2n) is 5.13. The Bertz CT molecular complexity index is 361. The quantitative estimate of drug-likeness (QED) is 0.482. The summed E-state index contributed by atoms with van der Waals surface area (Å²) in [5, 5.41) is 2.74. The highest BCUT2D eigenvalue weighted by Gasteiger charge is 2.33. The first-order chi connectivity index (χ1) is 8.59. The van der Waals surface area contributed by atoms with Crippen LogP contribution < -0.4 is 0 Å². The van der Waals surface area contributed by atoms with Crippen molar-refractivity contribution in [2.45, 2.75) is 38.5 Å². The fraction of sp³-hybridized carbons (Fsp3) is 0.600. The van der Waals surface area contributed by atoms with Crippen molar-refractivity contribution in [3.63, 3.8) is 0 Å². The van der Waals surface area contributed by atoms with E-state index in [1.165, 1.54) is 18.4 Å². The molecule has 0 heterocycles. The minimum Gasteiger partial charge on any atom is -0.0918 e. The molecule has 0 amide bonds. The summed E-state index contributed by atoms with van der Waals surface area (Å²) in [4.78, 5) is 0. The van der Waals surface area contributed by atoms with Crippen molar-refractivity contribution < 1.29 is 0 Å². The molecule has 0 saturated carbocycles. The van der Waals surface area contributed by atoms with E-state index in [0.717, 1.165) is 22.1 Å². The molecule has 1 aromatic rings. The summed E-state index contributed by atoms with van der Waals surface area (Å²) in [5.74, 6) is 0.710. The Kier molecular flexibility index (Phi) is 7.27. The van der Waals surface area contributed by atoms with Gasteiger partial charge in [0.1, 0.15) is 0 Å². The van der Waals surface area contributed by atoms with Crippen molar-refractivity contribution in [3.8, 4) is 0 Å². The topological polar surface area (TPSA) is 0 Å². The third kappa shape index (κ3) is 3.98. The van der Waals surface area contributed by atoms with Crippen molar-refractivity contribution in [1.29, 1.82) is 0 Å². The molecule has 0 spiro atoms. The summed E-state index contributed by atoms with van der Waals surface area (Å²) in [6, 6.07) is 8.21. The number of halogens is 3. The smallest absolute Gasteiger partial charge is 0.0444 e. The third-order valence-electron chi connectivity index (χ3n) is 3.48. The normalized spacial score (nSPS) is 13.6. The zero-order valence-electron chi connectivity index (χ0n) is 11.1. The molecule has 1 rings (SSSR count). The van der Waals surface area contributed by atoms with E-state index >= 15 is 0 Å². The largest absolute Gasteiger partial charge is 0.0918 e. The summed E-state index contributed by atoms with van der Waals surface area (Å²) < 4.78 is 0. The molecular weight excluding hydrogens is 375 g/mol. The maximum Gasteiger partial charge on any atom is 0.0444 e. The Morgan fingerprint density at radius 3 is 2.33 bits per heavy atom. The van der Waals surface area contributed by atoms with E-state index in [1.807, 2.05) is 12.1 Å². The number of benzene rings is 1.